The predicted molar refractivity (Wildman–Crippen MR) is 112 cm³/mol. The smallest absolute Gasteiger partial charge is 0.432 e. The van der Waals surface area contributed by atoms with Gasteiger partial charge < -0.3 is 15.0 Å². The maximum atomic E-state index is 12.9. The molecule has 3 aromatic rings. The Bertz CT molecular complexity index is 1140. The van der Waals surface area contributed by atoms with E-state index in [9.17, 15) is 18.0 Å². The summed E-state index contributed by atoms with van der Waals surface area (Å²) in [6.45, 7) is 3.62. The molecular formula is C22H17ClF3N3O2. The van der Waals surface area contributed by atoms with E-state index >= 15 is 0 Å². The molecule has 0 fully saturated rings. The molecule has 1 heterocycles. The number of aromatic nitrogens is 2. The highest BCUT2D eigenvalue weighted by Crippen LogP contribution is 2.33. The summed E-state index contributed by atoms with van der Waals surface area (Å²) in [6, 6.07) is 11.2. The van der Waals surface area contributed by atoms with E-state index < -0.39 is 17.8 Å². The molecule has 1 amide bonds. The highest BCUT2D eigenvalue weighted by Gasteiger charge is 2.33. The average Bonchev–Trinajstić information content (AvgIpc) is 3.19. The van der Waals surface area contributed by atoms with Gasteiger partial charge in [0.25, 0.3) is 0 Å². The second kappa shape index (κ2) is 9.14. The topological polar surface area (TPSA) is 67.0 Å². The van der Waals surface area contributed by atoms with Gasteiger partial charge in [0.05, 0.1) is 18.0 Å². The van der Waals surface area contributed by atoms with Gasteiger partial charge in [-0.2, -0.15) is 13.2 Å². The van der Waals surface area contributed by atoms with Gasteiger partial charge in [-0.1, -0.05) is 17.5 Å². The Morgan fingerprint density at radius 2 is 1.90 bits per heavy atom. The number of nitrogens with zero attached hydrogens (tertiary/aromatic N) is 1. The van der Waals surface area contributed by atoms with Gasteiger partial charge in [0, 0.05) is 22.1 Å². The second-order valence-electron chi connectivity index (χ2n) is 6.73. The van der Waals surface area contributed by atoms with Crippen LogP contribution in [-0.2, 0) is 11.0 Å². The van der Waals surface area contributed by atoms with Crippen molar-refractivity contribution in [2.24, 2.45) is 0 Å². The van der Waals surface area contributed by atoms with Crippen LogP contribution < -0.4 is 10.1 Å². The third-order valence-corrected chi connectivity index (χ3v) is 4.16. The largest absolute Gasteiger partial charge is 0.489 e. The number of ether oxygens (including phenoxy) is 1. The fourth-order valence-electron chi connectivity index (χ4n) is 2.56. The first kappa shape index (κ1) is 22.2. The van der Waals surface area contributed by atoms with Crippen molar-refractivity contribution in [2.45, 2.75) is 26.1 Å². The highest BCUT2D eigenvalue weighted by molar-refractivity contribution is 6.30. The van der Waals surface area contributed by atoms with Crippen molar-refractivity contribution >= 4 is 23.2 Å². The summed E-state index contributed by atoms with van der Waals surface area (Å²) in [5.74, 6) is 4.91. The number of aromatic amines is 1. The minimum atomic E-state index is -4.54. The highest BCUT2D eigenvalue weighted by atomic mass is 35.5. The number of hydrogen-bond acceptors (Lipinski definition) is 3. The molecule has 1 aromatic heterocycles. The normalized spacial score (nSPS) is 11.1. The molecule has 0 atom stereocenters. The van der Waals surface area contributed by atoms with Crippen molar-refractivity contribution in [1.82, 2.24) is 9.97 Å². The number of hydrogen-bond donors (Lipinski definition) is 2. The standard InChI is InChI=1S/C22H17ClF3N3O2/c1-13(2)31-18-9-6-15(21-27-12-19(29-21)22(24,25)26)11-17(18)28-20(30)10-5-14-3-7-16(23)8-4-14/h3-4,6-9,11-13H,1-2H3,(H,27,29)(H,28,30). The van der Waals surface area contributed by atoms with E-state index in [0.717, 1.165) is 0 Å². The fraction of sp³-hybridized carbons (Fsp3) is 0.182. The molecule has 9 heteroatoms. The van der Waals surface area contributed by atoms with Crippen molar-refractivity contribution in [3.8, 4) is 29.0 Å². The molecule has 2 N–H and O–H groups in total. The van der Waals surface area contributed by atoms with Crippen LogP contribution >= 0.6 is 11.6 Å². The number of H-pyrrole nitrogens is 1. The quantitative estimate of drug-likeness (QED) is 0.517. The molecule has 160 valence electrons. The Balaban J connectivity index is 1.88. The summed E-state index contributed by atoms with van der Waals surface area (Å²) in [5.41, 5.74) is 0.228. The number of rotatable bonds is 4. The molecule has 5 nitrogen and oxygen atoms in total. The van der Waals surface area contributed by atoms with Gasteiger partial charge in [-0.3, -0.25) is 4.79 Å². The molecule has 2 aromatic carbocycles. The van der Waals surface area contributed by atoms with Crippen LogP contribution in [-0.4, -0.2) is 22.0 Å². The van der Waals surface area contributed by atoms with Crippen LogP contribution in [0.1, 0.15) is 25.1 Å². The summed E-state index contributed by atoms with van der Waals surface area (Å²) >= 11 is 5.82. The third-order valence-electron chi connectivity index (χ3n) is 3.91. The van der Waals surface area contributed by atoms with Crippen molar-refractivity contribution in [1.29, 1.82) is 0 Å². The van der Waals surface area contributed by atoms with E-state index in [1.54, 1.807) is 36.4 Å². The Labute approximate surface area is 181 Å². The Kier molecular flexibility index (Phi) is 6.56. The Morgan fingerprint density at radius 3 is 2.52 bits per heavy atom. The van der Waals surface area contributed by atoms with Crippen LogP contribution in [0.25, 0.3) is 11.4 Å². The van der Waals surface area contributed by atoms with Gasteiger partial charge in [0.1, 0.15) is 17.3 Å². The minimum absolute atomic E-state index is 0.00571. The summed E-state index contributed by atoms with van der Waals surface area (Å²) in [5, 5.41) is 3.17. The lowest BCUT2D eigenvalue weighted by Gasteiger charge is -2.15. The first-order chi connectivity index (χ1) is 14.6. The van der Waals surface area contributed by atoms with Gasteiger partial charge in [-0.15, -0.1) is 0 Å². The summed E-state index contributed by atoms with van der Waals surface area (Å²) < 4.78 is 44.2. The fourth-order valence-corrected chi connectivity index (χ4v) is 2.69. The molecule has 3 rings (SSSR count). The Morgan fingerprint density at radius 1 is 1.19 bits per heavy atom. The van der Waals surface area contributed by atoms with Gasteiger partial charge in [0.15, 0.2) is 0 Å². The van der Waals surface area contributed by atoms with E-state index in [0.29, 0.717) is 28.1 Å². The van der Waals surface area contributed by atoms with Crippen LogP contribution in [0.5, 0.6) is 5.75 Å². The zero-order chi connectivity index (χ0) is 22.6. The van der Waals surface area contributed by atoms with E-state index in [-0.39, 0.29) is 17.6 Å². The molecule has 0 aliphatic rings. The van der Waals surface area contributed by atoms with Crippen LogP contribution in [0, 0.1) is 11.8 Å². The molecular weight excluding hydrogens is 431 g/mol. The maximum absolute atomic E-state index is 12.9. The lowest BCUT2D eigenvalue weighted by molar-refractivity contribution is -0.140. The van der Waals surface area contributed by atoms with Crippen LogP contribution in [0.4, 0.5) is 18.9 Å². The summed E-state index contributed by atoms with van der Waals surface area (Å²) in [7, 11) is 0. The summed E-state index contributed by atoms with van der Waals surface area (Å²) in [6.07, 6.45) is -4.02. The monoisotopic (exact) mass is 447 g/mol. The predicted octanol–water partition coefficient (Wildman–Crippen LogP) is 5.53. The van der Waals surface area contributed by atoms with Gasteiger partial charge in [-0.25, -0.2) is 4.98 Å². The number of alkyl halides is 3. The Hall–Kier alpha value is -3.44. The number of amides is 1. The van der Waals surface area contributed by atoms with E-state index in [4.69, 9.17) is 16.3 Å². The van der Waals surface area contributed by atoms with Crippen LogP contribution in [0.2, 0.25) is 5.02 Å². The minimum Gasteiger partial charge on any atom is -0.489 e. The number of carbonyl (C=O) groups is 1. The number of carbonyl (C=O) groups excluding carboxylic acids is 1. The molecule has 0 spiro atoms. The number of anilines is 1. The molecule has 31 heavy (non-hydrogen) atoms. The number of imidazole rings is 1. The van der Waals surface area contributed by atoms with Gasteiger partial charge >= 0.3 is 12.1 Å². The molecule has 0 unspecified atom stereocenters. The van der Waals surface area contributed by atoms with Crippen molar-refractivity contribution in [2.75, 3.05) is 5.32 Å². The zero-order valence-corrected chi connectivity index (χ0v) is 17.2. The average molecular weight is 448 g/mol. The second-order valence-corrected chi connectivity index (χ2v) is 7.17. The van der Waals surface area contributed by atoms with E-state index in [1.165, 1.54) is 6.07 Å². The van der Waals surface area contributed by atoms with Crippen molar-refractivity contribution in [3.63, 3.8) is 0 Å². The number of halogens is 4. The van der Waals surface area contributed by atoms with Crippen LogP contribution in [0.3, 0.4) is 0 Å². The molecule has 0 saturated carbocycles. The zero-order valence-electron chi connectivity index (χ0n) is 16.5. The van der Waals surface area contributed by atoms with E-state index in [1.807, 2.05) is 13.8 Å². The maximum Gasteiger partial charge on any atom is 0.432 e. The van der Waals surface area contributed by atoms with Crippen molar-refractivity contribution < 1.29 is 22.7 Å². The number of nitrogens with one attached hydrogen (secondary N) is 2. The third kappa shape index (κ3) is 6.03. The first-order valence-electron chi connectivity index (χ1n) is 9.13. The lowest BCUT2D eigenvalue weighted by atomic mass is 10.1. The van der Waals surface area contributed by atoms with Crippen LogP contribution in [0.15, 0.2) is 48.7 Å². The summed E-state index contributed by atoms with van der Waals surface area (Å²) in [4.78, 5) is 18.3. The van der Waals surface area contributed by atoms with Gasteiger partial charge in [0.2, 0.25) is 0 Å². The van der Waals surface area contributed by atoms with E-state index in [2.05, 4.69) is 27.1 Å². The number of benzene rings is 2. The molecule has 0 aliphatic carbocycles. The molecule has 0 aliphatic heterocycles. The van der Waals surface area contributed by atoms with Gasteiger partial charge in [-0.05, 0) is 56.3 Å². The van der Waals surface area contributed by atoms with Crippen molar-refractivity contribution in [3.05, 3.63) is 64.9 Å². The lowest BCUT2D eigenvalue weighted by Crippen LogP contribution is -2.13. The molecule has 0 saturated heterocycles. The SMILES string of the molecule is CC(C)Oc1ccc(-c2ncc(C(F)(F)F)[nH]2)cc1NC(=O)C#Cc1ccc(Cl)cc1. The molecule has 0 radical (unpaired) electrons. The molecule has 0 bridgehead atoms. The first-order valence-corrected chi connectivity index (χ1v) is 9.51.